The smallest absolute Gasteiger partial charge is 0.337 e. The maximum atomic E-state index is 13.2. The van der Waals surface area contributed by atoms with Crippen LogP contribution in [0.4, 0.5) is 5.69 Å². The highest BCUT2D eigenvalue weighted by Crippen LogP contribution is 2.29. The summed E-state index contributed by atoms with van der Waals surface area (Å²) in [5, 5.41) is 1.88. The Labute approximate surface area is 181 Å². The zero-order valence-corrected chi connectivity index (χ0v) is 17.3. The molecule has 3 heterocycles. The molecule has 0 N–H and O–H groups in total. The van der Waals surface area contributed by atoms with Crippen LogP contribution >= 0.6 is 11.3 Å². The van der Waals surface area contributed by atoms with Crippen LogP contribution in [-0.2, 0) is 20.9 Å². The Hall–Kier alpha value is -3.72. The van der Waals surface area contributed by atoms with E-state index in [2.05, 4.69) is 4.74 Å². The highest BCUT2D eigenvalue weighted by molar-refractivity contribution is 7.09. The van der Waals surface area contributed by atoms with Gasteiger partial charge in [-0.05, 0) is 47.8 Å². The van der Waals surface area contributed by atoms with Gasteiger partial charge in [0.2, 0.25) is 5.91 Å². The third-order valence-electron chi connectivity index (χ3n) is 4.94. The van der Waals surface area contributed by atoms with Crippen LogP contribution in [0.15, 0.2) is 64.6 Å². The summed E-state index contributed by atoms with van der Waals surface area (Å²) < 4.78 is 9.90. The zero-order valence-electron chi connectivity index (χ0n) is 16.5. The van der Waals surface area contributed by atoms with Crippen molar-refractivity contribution >= 4 is 40.7 Å². The molecule has 2 aromatic heterocycles. The molecule has 1 aliphatic heterocycles. The monoisotopic (exact) mass is 438 g/mol. The number of hydrogen-bond donors (Lipinski definition) is 0. The van der Waals surface area contributed by atoms with Gasteiger partial charge in [-0.1, -0.05) is 6.07 Å². The normalized spacial score (nSPS) is 15.9. The molecule has 0 spiro atoms. The van der Waals surface area contributed by atoms with E-state index in [1.165, 1.54) is 59.9 Å². The standard InChI is InChI=1S/C22H18N2O6S/c1-29-22(28)14-6-8-15(9-7-14)24-19(25)12-17(20(24)26)23(13-16-4-3-11-31-16)21(27)18-5-2-10-30-18/h2-11,17H,12-13H2,1H3. The lowest BCUT2D eigenvalue weighted by Gasteiger charge is -2.26. The number of nitrogens with zero attached hydrogens (tertiary/aromatic N) is 2. The topological polar surface area (TPSA) is 97.1 Å². The summed E-state index contributed by atoms with van der Waals surface area (Å²) >= 11 is 1.45. The van der Waals surface area contributed by atoms with Crippen molar-refractivity contribution < 1.29 is 28.3 Å². The average Bonchev–Trinajstić information content (AvgIpc) is 3.54. The predicted octanol–water partition coefficient (Wildman–Crippen LogP) is 3.10. The van der Waals surface area contributed by atoms with Crippen molar-refractivity contribution in [2.45, 2.75) is 19.0 Å². The van der Waals surface area contributed by atoms with Gasteiger partial charge >= 0.3 is 5.97 Å². The number of amides is 3. The van der Waals surface area contributed by atoms with Crippen LogP contribution in [0.2, 0.25) is 0 Å². The van der Waals surface area contributed by atoms with Gasteiger partial charge in [0.1, 0.15) is 6.04 Å². The molecule has 0 bridgehead atoms. The summed E-state index contributed by atoms with van der Waals surface area (Å²) in [5.74, 6) is -1.82. The molecule has 4 rings (SSSR count). The summed E-state index contributed by atoms with van der Waals surface area (Å²) in [4.78, 5) is 54.0. The maximum Gasteiger partial charge on any atom is 0.337 e. The van der Waals surface area contributed by atoms with Crippen molar-refractivity contribution in [2.75, 3.05) is 12.0 Å². The Balaban J connectivity index is 1.62. The van der Waals surface area contributed by atoms with Crippen LogP contribution in [0.1, 0.15) is 32.2 Å². The van der Waals surface area contributed by atoms with Gasteiger partial charge in [-0.3, -0.25) is 14.4 Å². The molecule has 1 unspecified atom stereocenters. The van der Waals surface area contributed by atoms with Crippen LogP contribution in [0.25, 0.3) is 0 Å². The van der Waals surface area contributed by atoms with E-state index in [1.807, 2.05) is 17.5 Å². The third-order valence-corrected chi connectivity index (χ3v) is 5.81. The molecule has 1 fully saturated rings. The first-order valence-electron chi connectivity index (χ1n) is 9.41. The van der Waals surface area contributed by atoms with Gasteiger partial charge in [-0.15, -0.1) is 11.3 Å². The molecule has 0 saturated carbocycles. The van der Waals surface area contributed by atoms with E-state index in [1.54, 1.807) is 6.07 Å². The summed E-state index contributed by atoms with van der Waals surface area (Å²) in [6.45, 7) is 0.177. The Morgan fingerprint density at radius 2 is 1.94 bits per heavy atom. The van der Waals surface area contributed by atoms with Crippen molar-refractivity contribution in [3.63, 3.8) is 0 Å². The minimum Gasteiger partial charge on any atom is -0.465 e. The van der Waals surface area contributed by atoms with E-state index in [9.17, 15) is 19.2 Å². The number of rotatable bonds is 6. The minimum absolute atomic E-state index is 0.0951. The number of esters is 1. The predicted molar refractivity (Wildman–Crippen MR) is 112 cm³/mol. The summed E-state index contributed by atoms with van der Waals surface area (Å²) in [7, 11) is 1.27. The zero-order chi connectivity index (χ0) is 22.0. The van der Waals surface area contributed by atoms with Crippen molar-refractivity contribution in [1.82, 2.24) is 4.90 Å². The second kappa shape index (κ2) is 8.57. The number of hydrogen-bond acceptors (Lipinski definition) is 7. The van der Waals surface area contributed by atoms with Crippen molar-refractivity contribution in [3.8, 4) is 0 Å². The molecule has 8 nitrogen and oxygen atoms in total. The average molecular weight is 438 g/mol. The van der Waals surface area contributed by atoms with Gasteiger partial charge in [-0.25, -0.2) is 9.69 Å². The fourth-order valence-corrected chi connectivity index (χ4v) is 4.13. The molecule has 1 aromatic carbocycles. The molecule has 158 valence electrons. The second-order valence-electron chi connectivity index (χ2n) is 6.82. The SMILES string of the molecule is COC(=O)c1ccc(N2C(=O)CC(N(Cc3cccs3)C(=O)c3ccco3)C2=O)cc1. The molecule has 31 heavy (non-hydrogen) atoms. The molecule has 1 saturated heterocycles. The fourth-order valence-electron chi connectivity index (χ4n) is 3.43. The molecular formula is C22H18N2O6S. The molecule has 0 radical (unpaired) electrons. The molecule has 1 aliphatic rings. The van der Waals surface area contributed by atoms with E-state index in [4.69, 9.17) is 4.42 Å². The van der Waals surface area contributed by atoms with Gasteiger partial charge in [0, 0.05) is 4.88 Å². The Morgan fingerprint density at radius 3 is 2.55 bits per heavy atom. The van der Waals surface area contributed by atoms with E-state index >= 15 is 0 Å². The fraction of sp³-hybridized carbons (Fsp3) is 0.182. The number of ether oxygens (including phenoxy) is 1. The lowest BCUT2D eigenvalue weighted by atomic mass is 10.1. The van der Waals surface area contributed by atoms with Crippen LogP contribution in [0.5, 0.6) is 0 Å². The largest absolute Gasteiger partial charge is 0.465 e. The number of furan rings is 1. The highest BCUT2D eigenvalue weighted by Gasteiger charge is 2.45. The number of benzene rings is 1. The summed E-state index contributed by atoms with van der Waals surface area (Å²) in [5.41, 5.74) is 0.626. The lowest BCUT2D eigenvalue weighted by molar-refractivity contribution is -0.122. The van der Waals surface area contributed by atoms with E-state index < -0.39 is 29.7 Å². The van der Waals surface area contributed by atoms with Gasteiger partial charge in [0.05, 0.1) is 37.6 Å². The molecule has 9 heteroatoms. The van der Waals surface area contributed by atoms with Gasteiger partial charge in [-0.2, -0.15) is 0 Å². The number of imide groups is 1. The maximum absolute atomic E-state index is 13.2. The van der Waals surface area contributed by atoms with Crippen LogP contribution < -0.4 is 4.90 Å². The van der Waals surface area contributed by atoms with Gasteiger partial charge in [0.25, 0.3) is 11.8 Å². The van der Waals surface area contributed by atoms with Crippen molar-refractivity contribution in [1.29, 1.82) is 0 Å². The number of carbonyl (C=O) groups excluding carboxylic acids is 4. The summed E-state index contributed by atoms with van der Waals surface area (Å²) in [6.07, 6.45) is 1.24. The van der Waals surface area contributed by atoms with E-state index in [0.29, 0.717) is 11.3 Å². The Bertz CT molecular complexity index is 1110. The van der Waals surface area contributed by atoms with Crippen LogP contribution in [0.3, 0.4) is 0 Å². The van der Waals surface area contributed by atoms with Crippen LogP contribution in [-0.4, -0.2) is 41.7 Å². The molecule has 3 amide bonds. The number of thiophene rings is 1. The Kier molecular flexibility index (Phi) is 5.68. The molecule has 3 aromatic rings. The highest BCUT2D eigenvalue weighted by atomic mass is 32.1. The van der Waals surface area contributed by atoms with E-state index in [0.717, 1.165) is 9.78 Å². The summed E-state index contributed by atoms with van der Waals surface area (Å²) in [6, 6.07) is 11.8. The van der Waals surface area contributed by atoms with Gasteiger partial charge < -0.3 is 14.1 Å². The quantitative estimate of drug-likeness (QED) is 0.433. The van der Waals surface area contributed by atoms with Gasteiger partial charge in [0.15, 0.2) is 5.76 Å². The first-order valence-corrected chi connectivity index (χ1v) is 10.3. The first-order chi connectivity index (χ1) is 15.0. The number of carbonyl (C=O) groups is 4. The van der Waals surface area contributed by atoms with Crippen molar-refractivity contribution in [2.24, 2.45) is 0 Å². The Morgan fingerprint density at radius 1 is 1.16 bits per heavy atom. The van der Waals surface area contributed by atoms with Crippen LogP contribution in [0, 0.1) is 0 Å². The van der Waals surface area contributed by atoms with Crippen molar-refractivity contribution in [3.05, 3.63) is 76.4 Å². The molecule has 0 aliphatic carbocycles. The third kappa shape index (κ3) is 3.99. The minimum atomic E-state index is -0.965. The van der Waals surface area contributed by atoms with E-state index in [-0.39, 0.29) is 18.7 Å². The lowest BCUT2D eigenvalue weighted by Crippen LogP contribution is -2.44. The molecule has 1 atom stereocenters. The molecular weight excluding hydrogens is 420 g/mol. The number of anilines is 1. The number of methoxy groups -OCH3 is 1. The first kappa shape index (κ1) is 20.5. The second-order valence-corrected chi connectivity index (χ2v) is 7.85.